The van der Waals surface area contributed by atoms with Gasteiger partial charge in [-0.05, 0) is 42.1 Å². The van der Waals surface area contributed by atoms with Crippen LogP contribution in [0, 0.1) is 6.92 Å². The molecular weight excluding hydrogens is 256 g/mol. The maximum absolute atomic E-state index is 12.3. The van der Waals surface area contributed by atoms with Crippen LogP contribution in [0.3, 0.4) is 0 Å². The zero-order chi connectivity index (χ0) is 12.4. The zero-order valence-corrected chi connectivity index (χ0v) is 11.1. The van der Waals surface area contributed by atoms with Gasteiger partial charge in [0.2, 0.25) is 5.78 Å². The molecule has 0 atom stereocenters. The molecule has 17 heavy (non-hydrogen) atoms. The number of methoxy groups -OCH3 is 1. The fourth-order valence-corrected chi connectivity index (χ4v) is 2.62. The van der Waals surface area contributed by atoms with Crippen molar-refractivity contribution in [1.82, 2.24) is 0 Å². The molecule has 0 spiro atoms. The van der Waals surface area contributed by atoms with E-state index in [-0.39, 0.29) is 5.78 Å². The number of rotatable bonds is 3. The van der Waals surface area contributed by atoms with Crippen molar-refractivity contribution in [3.8, 4) is 5.75 Å². The minimum atomic E-state index is -0.0222. The summed E-state index contributed by atoms with van der Waals surface area (Å²) in [5.74, 6) is 0.487. The van der Waals surface area contributed by atoms with Gasteiger partial charge in [-0.3, -0.25) is 4.79 Å². The molecule has 2 aromatic rings. The predicted molar refractivity (Wildman–Crippen MR) is 70.5 cm³/mol. The van der Waals surface area contributed by atoms with E-state index < -0.39 is 0 Å². The minimum Gasteiger partial charge on any atom is -0.496 e. The lowest BCUT2D eigenvalue weighted by molar-refractivity contribution is 0.103. The van der Waals surface area contributed by atoms with Crippen LogP contribution in [-0.4, -0.2) is 12.9 Å². The number of ketones is 1. The van der Waals surface area contributed by atoms with Gasteiger partial charge in [-0.15, -0.1) is 11.3 Å². The molecule has 0 saturated heterocycles. The third-order valence-electron chi connectivity index (χ3n) is 2.48. The maximum atomic E-state index is 12.3. The number of hydrogen-bond acceptors (Lipinski definition) is 3. The van der Waals surface area contributed by atoms with E-state index in [9.17, 15) is 4.79 Å². The number of benzene rings is 1. The average Bonchev–Trinajstić information content (AvgIpc) is 2.74. The van der Waals surface area contributed by atoms with Crippen LogP contribution < -0.4 is 4.74 Å². The Kier molecular flexibility index (Phi) is 3.50. The molecule has 0 N–H and O–H groups in total. The Balaban J connectivity index is 2.48. The molecule has 0 saturated carbocycles. The summed E-state index contributed by atoms with van der Waals surface area (Å²) in [6.07, 6.45) is 0. The van der Waals surface area contributed by atoms with Crippen molar-refractivity contribution in [2.24, 2.45) is 0 Å². The Bertz CT molecular complexity index is 560. The van der Waals surface area contributed by atoms with Gasteiger partial charge in [0.25, 0.3) is 0 Å². The van der Waals surface area contributed by atoms with Crippen molar-refractivity contribution in [3.05, 3.63) is 50.7 Å². The standard InChI is InChI=1S/C13H11ClO2S/c1-8-5-6-17-13(8)12(15)10-4-3-9(14)7-11(10)16-2/h3-7H,1-2H3. The van der Waals surface area contributed by atoms with Crippen molar-refractivity contribution in [3.63, 3.8) is 0 Å². The SMILES string of the molecule is COc1cc(Cl)ccc1C(=O)c1sccc1C. The Labute approximate surface area is 109 Å². The van der Waals surface area contributed by atoms with Crippen LogP contribution >= 0.6 is 22.9 Å². The highest BCUT2D eigenvalue weighted by Crippen LogP contribution is 2.28. The number of halogens is 1. The third-order valence-corrected chi connectivity index (χ3v) is 3.73. The second-order valence-corrected chi connectivity index (χ2v) is 4.96. The van der Waals surface area contributed by atoms with E-state index in [1.54, 1.807) is 18.2 Å². The molecule has 0 amide bonds. The topological polar surface area (TPSA) is 26.3 Å². The van der Waals surface area contributed by atoms with Crippen molar-refractivity contribution in [2.75, 3.05) is 7.11 Å². The molecule has 2 rings (SSSR count). The van der Waals surface area contributed by atoms with Gasteiger partial charge in [0.15, 0.2) is 0 Å². The smallest absolute Gasteiger partial charge is 0.206 e. The summed E-state index contributed by atoms with van der Waals surface area (Å²) in [4.78, 5) is 13.0. The predicted octanol–water partition coefficient (Wildman–Crippen LogP) is 3.95. The number of carbonyl (C=O) groups excluding carboxylic acids is 1. The summed E-state index contributed by atoms with van der Waals surface area (Å²) in [6, 6.07) is 6.97. The van der Waals surface area contributed by atoms with Gasteiger partial charge >= 0.3 is 0 Å². The average molecular weight is 267 g/mol. The van der Waals surface area contributed by atoms with Crippen LogP contribution in [0.2, 0.25) is 5.02 Å². The van der Waals surface area contributed by atoms with Crippen LogP contribution in [0.25, 0.3) is 0 Å². The molecule has 1 heterocycles. The normalized spacial score (nSPS) is 10.3. The quantitative estimate of drug-likeness (QED) is 0.787. The first kappa shape index (κ1) is 12.1. The maximum Gasteiger partial charge on any atom is 0.206 e. The molecule has 1 aromatic carbocycles. The lowest BCUT2D eigenvalue weighted by Crippen LogP contribution is -2.03. The van der Waals surface area contributed by atoms with Gasteiger partial charge < -0.3 is 4.74 Å². The molecule has 0 aliphatic rings. The highest BCUT2D eigenvalue weighted by molar-refractivity contribution is 7.12. The molecule has 0 radical (unpaired) electrons. The summed E-state index contributed by atoms with van der Waals surface area (Å²) in [5, 5.41) is 2.46. The summed E-state index contributed by atoms with van der Waals surface area (Å²) >= 11 is 7.31. The van der Waals surface area contributed by atoms with Gasteiger partial charge in [0.05, 0.1) is 17.6 Å². The Morgan fingerprint density at radius 3 is 2.71 bits per heavy atom. The van der Waals surface area contributed by atoms with Gasteiger partial charge in [0, 0.05) is 5.02 Å². The fraction of sp³-hybridized carbons (Fsp3) is 0.154. The van der Waals surface area contributed by atoms with Crippen molar-refractivity contribution in [2.45, 2.75) is 6.92 Å². The molecule has 4 heteroatoms. The largest absolute Gasteiger partial charge is 0.496 e. The molecule has 1 aromatic heterocycles. The van der Waals surface area contributed by atoms with Crippen LogP contribution in [0.15, 0.2) is 29.6 Å². The Morgan fingerprint density at radius 2 is 2.12 bits per heavy atom. The first-order valence-corrected chi connectivity index (χ1v) is 6.31. The second-order valence-electron chi connectivity index (χ2n) is 3.61. The lowest BCUT2D eigenvalue weighted by atomic mass is 10.1. The van der Waals surface area contributed by atoms with Crippen LogP contribution in [0.4, 0.5) is 0 Å². The Morgan fingerprint density at radius 1 is 1.35 bits per heavy atom. The second kappa shape index (κ2) is 4.90. The third kappa shape index (κ3) is 2.35. The first-order valence-electron chi connectivity index (χ1n) is 5.06. The van der Waals surface area contributed by atoms with Gasteiger partial charge in [0.1, 0.15) is 5.75 Å². The highest BCUT2D eigenvalue weighted by Gasteiger charge is 2.17. The molecule has 2 nitrogen and oxygen atoms in total. The molecular formula is C13H11ClO2S. The molecule has 0 aliphatic heterocycles. The van der Waals surface area contributed by atoms with E-state index in [4.69, 9.17) is 16.3 Å². The van der Waals surface area contributed by atoms with Crippen LogP contribution in [0.1, 0.15) is 20.8 Å². The van der Waals surface area contributed by atoms with Crippen molar-refractivity contribution in [1.29, 1.82) is 0 Å². The zero-order valence-electron chi connectivity index (χ0n) is 9.49. The Hall–Kier alpha value is -1.32. The van der Waals surface area contributed by atoms with Gasteiger partial charge in [-0.25, -0.2) is 0 Å². The molecule has 0 fully saturated rings. The number of thiophene rings is 1. The van der Waals surface area contributed by atoms with E-state index in [1.165, 1.54) is 18.4 Å². The molecule has 0 unspecified atom stereocenters. The van der Waals surface area contributed by atoms with E-state index in [0.29, 0.717) is 16.3 Å². The van der Waals surface area contributed by atoms with E-state index in [2.05, 4.69) is 0 Å². The minimum absolute atomic E-state index is 0.0222. The van der Waals surface area contributed by atoms with Gasteiger partial charge in [-0.2, -0.15) is 0 Å². The fourth-order valence-electron chi connectivity index (χ4n) is 1.58. The highest BCUT2D eigenvalue weighted by atomic mass is 35.5. The summed E-state index contributed by atoms with van der Waals surface area (Å²) in [5.41, 5.74) is 1.53. The van der Waals surface area contributed by atoms with E-state index >= 15 is 0 Å². The molecule has 0 bridgehead atoms. The number of carbonyl (C=O) groups is 1. The summed E-state index contributed by atoms with van der Waals surface area (Å²) in [7, 11) is 1.53. The molecule has 0 aliphatic carbocycles. The van der Waals surface area contributed by atoms with Crippen molar-refractivity contribution < 1.29 is 9.53 Å². The molecule has 88 valence electrons. The summed E-state index contributed by atoms with van der Waals surface area (Å²) < 4.78 is 5.18. The first-order chi connectivity index (χ1) is 8.13. The number of hydrogen-bond donors (Lipinski definition) is 0. The van der Waals surface area contributed by atoms with E-state index in [0.717, 1.165) is 10.4 Å². The summed E-state index contributed by atoms with van der Waals surface area (Å²) in [6.45, 7) is 1.92. The number of aryl methyl sites for hydroxylation is 1. The lowest BCUT2D eigenvalue weighted by Gasteiger charge is -2.07. The van der Waals surface area contributed by atoms with Crippen molar-refractivity contribution >= 4 is 28.7 Å². The van der Waals surface area contributed by atoms with Crippen LogP contribution in [0.5, 0.6) is 5.75 Å². The van der Waals surface area contributed by atoms with Crippen LogP contribution in [-0.2, 0) is 0 Å². The monoisotopic (exact) mass is 266 g/mol. The van der Waals surface area contributed by atoms with E-state index in [1.807, 2.05) is 18.4 Å². The number of ether oxygens (including phenoxy) is 1. The van der Waals surface area contributed by atoms with Gasteiger partial charge in [-0.1, -0.05) is 11.6 Å².